The SMILES string of the molecule is Nc1cc(-c2nc(-c3ccc(F)c(Cl)c3)no2)[nH]n1. The van der Waals surface area contributed by atoms with Crippen molar-refractivity contribution in [3.63, 3.8) is 0 Å². The minimum Gasteiger partial charge on any atom is -0.382 e. The summed E-state index contributed by atoms with van der Waals surface area (Å²) >= 11 is 5.70. The Morgan fingerprint density at radius 1 is 1.32 bits per heavy atom. The maximum absolute atomic E-state index is 13.1. The predicted octanol–water partition coefficient (Wildman–Crippen LogP) is 2.50. The highest BCUT2D eigenvalue weighted by Gasteiger charge is 2.13. The molecule has 1 aromatic carbocycles. The first kappa shape index (κ1) is 11.7. The van der Waals surface area contributed by atoms with E-state index in [1.807, 2.05) is 0 Å². The molecule has 0 fully saturated rings. The molecule has 0 aliphatic carbocycles. The van der Waals surface area contributed by atoms with Crippen LogP contribution in [0.2, 0.25) is 5.02 Å². The number of anilines is 1. The maximum Gasteiger partial charge on any atom is 0.276 e. The minimum atomic E-state index is -0.504. The predicted molar refractivity (Wildman–Crippen MR) is 66.7 cm³/mol. The van der Waals surface area contributed by atoms with Gasteiger partial charge in [-0.25, -0.2) is 4.39 Å². The van der Waals surface area contributed by atoms with E-state index in [0.717, 1.165) is 0 Å². The Balaban J connectivity index is 1.98. The third-order valence-corrected chi connectivity index (χ3v) is 2.72. The van der Waals surface area contributed by atoms with E-state index >= 15 is 0 Å². The Morgan fingerprint density at radius 3 is 2.84 bits per heavy atom. The number of nitrogen functional groups attached to an aromatic ring is 1. The van der Waals surface area contributed by atoms with Crippen molar-refractivity contribution in [2.45, 2.75) is 0 Å². The molecule has 0 amide bonds. The molecule has 8 heteroatoms. The fourth-order valence-electron chi connectivity index (χ4n) is 1.53. The molecule has 3 N–H and O–H groups in total. The minimum absolute atomic E-state index is 0.00497. The van der Waals surface area contributed by atoms with Gasteiger partial charge in [0, 0.05) is 11.6 Å². The molecular weight excluding hydrogens is 273 g/mol. The van der Waals surface area contributed by atoms with E-state index in [0.29, 0.717) is 22.9 Å². The van der Waals surface area contributed by atoms with Crippen LogP contribution in [0.25, 0.3) is 23.0 Å². The van der Waals surface area contributed by atoms with Gasteiger partial charge in [0.25, 0.3) is 5.89 Å². The first-order valence-electron chi connectivity index (χ1n) is 5.24. The highest BCUT2D eigenvalue weighted by Crippen LogP contribution is 2.25. The van der Waals surface area contributed by atoms with Crippen molar-refractivity contribution in [3.05, 3.63) is 35.1 Å². The molecule has 6 nitrogen and oxygen atoms in total. The summed E-state index contributed by atoms with van der Waals surface area (Å²) in [5.74, 6) is 0.347. The van der Waals surface area contributed by atoms with Gasteiger partial charge in [-0.3, -0.25) is 5.10 Å². The molecule has 0 aliphatic heterocycles. The molecule has 0 spiro atoms. The van der Waals surface area contributed by atoms with Gasteiger partial charge in [0.1, 0.15) is 17.3 Å². The second kappa shape index (κ2) is 4.36. The molecule has 2 heterocycles. The van der Waals surface area contributed by atoms with Crippen molar-refractivity contribution in [2.24, 2.45) is 0 Å². The van der Waals surface area contributed by atoms with Crippen LogP contribution in [0.3, 0.4) is 0 Å². The van der Waals surface area contributed by atoms with E-state index in [1.165, 1.54) is 18.2 Å². The molecule has 0 atom stereocenters. The zero-order valence-corrected chi connectivity index (χ0v) is 10.1. The molecule has 19 heavy (non-hydrogen) atoms. The number of nitrogens with zero attached hydrogens (tertiary/aromatic N) is 3. The highest BCUT2D eigenvalue weighted by atomic mass is 35.5. The van der Waals surface area contributed by atoms with Crippen LogP contribution in [0.5, 0.6) is 0 Å². The van der Waals surface area contributed by atoms with Crippen molar-refractivity contribution in [2.75, 3.05) is 5.73 Å². The van der Waals surface area contributed by atoms with Gasteiger partial charge in [0.05, 0.1) is 5.02 Å². The number of rotatable bonds is 2. The summed E-state index contributed by atoms with van der Waals surface area (Å²) in [6.07, 6.45) is 0. The first-order valence-corrected chi connectivity index (χ1v) is 5.61. The first-order chi connectivity index (χ1) is 9.13. The van der Waals surface area contributed by atoms with E-state index < -0.39 is 5.82 Å². The normalized spacial score (nSPS) is 10.8. The van der Waals surface area contributed by atoms with Gasteiger partial charge in [0.2, 0.25) is 5.82 Å². The lowest BCUT2D eigenvalue weighted by molar-refractivity contribution is 0.431. The summed E-state index contributed by atoms with van der Waals surface area (Å²) in [5.41, 5.74) is 6.53. The Labute approximate surface area is 111 Å². The van der Waals surface area contributed by atoms with Gasteiger partial charge in [-0.1, -0.05) is 16.8 Å². The molecule has 0 aliphatic rings. The summed E-state index contributed by atoms with van der Waals surface area (Å²) < 4.78 is 18.1. The summed E-state index contributed by atoms with van der Waals surface area (Å²) in [7, 11) is 0. The Bertz CT molecular complexity index is 738. The third kappa shape index (κ3) is 2.15. The largest absolute Gasteiger partial charge is 0.382 e. The molecule has 3 aromatic rings. The number of benzene rings is 1. The number of nitrogens with two attached hydrogens (primary N) is 1. The number of halogens is 2. The van der Waals surface area contributed by atoms with E-state index in [1.54, 1.807) is 6.07 Å². The summed E-state index contributed by atoms with van der Waals surface area (Å²) in [6, 6.07) is 5.74. The van der Waals surface area contributed by atoms with Crippen LogP contribution in [0, 0.1) is 5.82 Å². The number of hydrogen-bond donors (Lipinski definition) is 2. The average molecular weight is 280 g/mol. The lowest BCUT2D eigenvalue weighted by atomic mass is 10.2. The molecule has 0 unspecified atom stereocenters. The molecule has 0 bridgehead atoms. The van der Waals surface area contributed by atoms with Crippen molar-refractivity contribution in [1.29, 1.82) is 0 Å². The van der Waals surface area contributed by atoms with Crippen LogP contribution >= 0.6 is 11.6 Å². The third-order valence-electron chi connectivity index (χ3n) is 2.43. The zero-order chi connectivity index (χ0) is 13.4. The number of aromatic amines is 1. The van der Waals surface area contributed by atoms with Gasteiger partial charge in [-0.05, 0) is 18.2 Å². The summed E-state index contributed by atoms with van der Waals surface area (Å²) in [4.78, 5) is 4.15. The fraction of sp³-hybridized carbons (Fsp3) is 0. The van der Waals surface area contributed by atoms with Gasteiger partial charge in [-0.2, -0.15) is 10.1 Å². The standard InChI is InChI=1S/C11H7ClFN5O/c12-6-3-5(1-2-7(6)13)10-15-11(19-18-10)8-4-9(14)17-16-8/h1-4H,(H3,14,16,17). The molecule has 0 saturated carbocycles. The lowest BCUT2D eigenvalue weighted by Crippen LogP contribution is -1.83. The Morgan fingerprint density at radius 2 is 2.16 bits per heavy atom. The van der Waals surface area contributed by atoms with E-state index in [-0.39, 0.29) is 10.9 Å². The molecule has 0 radical (unpaired) electrons. The number of aromatic nitrogens is 4. The van der Waals surface area contributed by atoms with Crippen LogP contribution < -0.4 is 5.73 Å². The van der Waals surface area contributed by atoms with Gasteiger partial charge < -0.3 is 10.3 Å². The maximum atomic E-state index is 13.1. The van der Waals surface area contributed by atoms with Crippen LogP contribution in [0.1, 0.15) is 0 Å². The van der Waals surface area contributed by atoms with Gasteiger partial charge in [-0.15, -0.1) is 0 Å². The zero-order valence-electron chi connectivity index (χ0n) is 9.39. The number of hydrogen-bond acceptors (Lipinski definition) is 5. The lowest BCUT2D eigenvalue weighted by Gasteiger charge is -1.96. The van der Waals surface area contributed by atoms with Gasteiger partial charge >= 0.3 is 0 Å². The van der Waals surface area contributed by atoms with Crippen LogP contribution in [-0.2, 0) is 0 Å². The van der Waals surface area contributed by atoms with Gasteiger partial charge in [0.15, 0.2) is 0 Å². The van der Waals surface area contributed by atoms with E-state index in [2.05, 4.69) is 20.3 Å². The average Bonchev–Trinajstić information content (AvgIpc) is 3.01. The Hall–Kier alpha value is -2.41. The number of H-pyrrole nitrogens is 1. The molecule has 0 saturated heterocycles. The van der Waals surface area contributed by atoms with Crippen molar-refractivity contribution in [1.82, 2.24) is 20.3 Å². The molecule has 3 rings (SSSR count). The number of nitrogens with one attached hydrogen (secondary N) is 1. The second-order valence-corrected chi connectivity index (χ2v) is 4.17. The fourth-order valence-corrected chi connectivity index (χ4v) is 1.71. The second-order valence-electron chi connectivity index (χ2n) is 3.76. The van der Waals surface area contributed by atoms with Crippen molar-refractivity contribution in [3.8, 4) is 23.0 Å². The monoisotopic (exact) mass is 279 g/mol. The molecular formula is C11H7ClFN5O. The highest BCUT2D eigenvalue weighted by molar-refractivity contribution is 6.31. The van der Waals surface area contributed by atoms with Crippen LogP contribution in [0.15, 0.2) is 28.8 Å². The van der Waals surface area contributed by atoms with Crippen LogP contribution in [-0.4, -0.2) is 20.3 Å². The van der Waals surface area contributed by atoms with Crippen molar-refractivity contribution >= 4 is 17.4 Å². The topological polar surface area (TPSA) is 93.6 Å². The molecule has 96 valence electrons. The summed E-state index contributed by atoms with van der Waals surface area (Å²) in [6.45, 7) is 0. The molecule has 2 aromatic heterocycles. The Kier molecular flexibility index (Phi) is 2.68. The summed E-state index contributed by atoms with van der Waals surface area (Å²) in [5, 5.41) is 10.2. The van der Waals surface area contributed by atoms with E-state index in [9.17, 15) is 4.39 Å². The quantitative estimate of drug-likeness (QED) is 0.751. The smallest absolute Gasteiger partial charge is 0.276 e. The van der Waals surface area contributed by atoms with Crippen molar-refractivity contribution < 1.29 is 8.91 Å². The van der Waals surface area contributed by atoms with Crippen LogP contribution in [0.4, 0.5) is 10.2 Å². The van der Waals surface area contributed by atoms with E-state index in [4.69, 9.17) is 21.9 Å².